The van der Waals surface area contributed by atoms with E-state index in [1.807, 2.05) is 4.90 Å². The monoisotopic (exact) mass is 210 g/mol. The molecular weight excluding hydrogens is 186 g/mol. The molecule has 0 saturated carbocycles. The minimum Gasteiger partial charge on any atom is -0.328 e. The highest BCUT2D eigenvalue weighted by Gasteiger charge is 2.38. The van der Waals surface area contributed by atoms with E-state index in [0.29, 0.717) is 0 Å². The fraction of sp³-hybridized carbons (Fsp3) is 0.769. The van der Waals surface area contributed by atoms with Crippen LogP contribution in [0, 0.1) is 6.08 Å². The second-order valence-corrected chi connectivity index (χ2v) is 5.15. The van der Waals surface area contributed by atoms with Gasteiger partial charge in [0.05, 0.1) is 0 Å². The number of nitrogens with zero attached hydrogens (tertiary/aromatic N) is 1. The molecule has 87 valence electrons. The lowest BCUT2D eigenvalue weighted by atomic mass is 9.89. The lowest BCUT2D eigenvalue weighted by Crippen LogP contribution is -2.57. The first kappa shape index (κ1) is 14.2. The molecule has 2 nitrogen and oxygen atoms in total. The molecule has 0 atom stereocenters. The van der Waals surface area contributed by atoms with E-state index < -0.39 is 0 Å². The molecule has 0 bridgehead atoms. The first-order chi connectivity index (χ1) is 6.72. The average Bonchev–Trinajstić information content (AvgIpc) is 2.17. The SMILES string of the molecule is C=[C]C(=O)N(C(C)(C)CC)C(C)(C)CC. The van der Waals surface area contributed by atoms with Crippen LogP contribution in [0.2, 0.25) is 0 Å². The van der Waals surface area contributed by atoms with Gasteiger partial charge in [0.2, 0.25) is 0 Å². The van der Waals surface area contributed by atoms with Gasteiger partial charge in [-0.2, -0.15) is 0 Å². The molecule has 0 saturated heterocycles. The van der Waals surface area contributed by atoms with Crippen LogP contribution in [0.3, 0.4) is 0 Å². The van der Waals surface area contributed by atoms with Crippen molar-refractivity contribution in [2.24, 2.45) is 0 Å². The molecule has 0 heterocycles. The van der Waals surface area contributed by atoms with Crippen molar-refractivity contribution in [2.75, 3.05) is 0 Å². The normalized spacial score (nSPS) is 12.4. The smallest absolute Gasteiger partial charge is 0.254 e. The number of carbonyl (C=O) groups is 1. The van der Waals surface area contributed by atoms with Crippen molar-refractivity contribution in [3.05, 3.63) is 12.7 Å². The lowest BCUT2D eigenvalue weighted by molar-refractivity contribution is -0.140. The topological polar surface area (TPSA) is 20.3 Å². The van der Waals surface area contributed by atoms with Gasteiger partial charge in [0.25, 0.3) is 5.91 Å². The summed E-state index contributed by atoms with van der Waals surface area (Å²) < 4.78 is 0. The average molecular weight is 210 g/mol. The molecule has 0 aliphatic rings. The van der Waals surface area contributed by atoms with Crippen molar-refractivity contribution in [1.82, 2.24) is 4.90 Å². The molecule has 0 aromatic rings. The van der Waals surface area contributed by atoms with Crippen LogP contribution < -0.4 is 0 Å². The van der Waals surface area contributed by atoms with Crippen LogP contribution in [-0.2, 0) is 4.79 Å². The van der Waals surface area contributed by atoms with Crippen LogP contribution in [0.5, 0.6) is 0 Å². The minimum atomic E-state index is -0.152. The van der Waals surface area contributed by atoms with E-state index in [4.69, 9.17) is 0 Å². The Kier molecular flexibility index (Phi) is 4.57. The largest absolute Gasteiger partial charge is 0.328 e. The van der Waals surface area contributed by atoms with Crippen LogP contribution in [0.1, 0.15) is 54.4 Å². The highest BCUT2D eigenvalue weighted by molar-refractivity contribution is 5.84. The van der Waals surface area contributed by atoms with Crippen LogP contribution in [0.4, 0.5) is 0 Å². The van der Waals surface area contributed by atoms with Crippen molar-refractivity contribution < 1.29 is 4.79 Å². The molecule has 0 spiro atoms. The van der Waals surface area contributed by atoms with Gasteiger partial charge in [-0.3, -0.25) is 4.79 Å². The summed E-state index contributed by atoms with van der Waals surface area (Å²) in [4.78, 5) is 13.8. The van der Waals surface area contributed by atoms with E-state index in [1.54, 1.807) is 0 Å². The zero-order chi connectivity index (χ0) is 12.3. The molecular formula is C13H24NO. The number of amides is 1. The van der Waals surface area contributed by atoms with Gasteiger partial charge in [0.15, 0.2) is 0 Å². The fourth-order valence-electron chi connectivity index (χ4n) is 1.76. The second-order valence-electron chi connectivity index (χ2n) is 5.15. The summed E-state index contributed by atoms with van der Waals surface area (Å²) in [5.74, 6) is -0.103. The summed E-state index contributed by atoms with van der Waals surface area (Å²) in [7, 11) is 0. The highest BCUT2D eigenvalue weighted by atomic mass is 16.2. The Morgan fingerprint density at radius 3 is 1.67 bits per heavy atom. The molecule has 0 unspecified atom stereocenters. The maximum Gasteiger partial charge on any atom is 0.254 e. The zero-order valence-corrected chi connectivity index (χ0v) is 11.0. The van der Waals surface area contributed by atoms with E-state index in [1.165, 1.54) is 0 Å². The van der Waals surface area contributed by atoms with E-state index in [2.05, 4.69) is 54.2 Å². The quantitative estimate of drug-likeness (QED) is 0.638. The van der Waals surface area contributed by atoms with Gasteiger partial charge in [0.1, 0.15) is 0 Å². The number of rotatable bonds is 5. The van der Waals surface area contributed by atoms with E-state index in [0.717, 1.165) is 12.8 Å². The number of carbonyl (C=O) groups excluding carboxylic acids is 1. The molecule has 0 aliphatic carbocycles. The molecule has 0 aromatic carbocycles. The molecule has 2 heteroatoms. The van der Waals surface area contributed by atoms with Gasteiger partial charge in [-0.15, -0.1) is 0 Å². The zero-order valence-electron chi connectivity index (χ0n) is 11.0. The Hall–Kier alpha value is -0.790. The lowest BCUT2D eigenvalue weighted by Gasteiger charge is -2.48. The second kappa shape index (κ2) is 4.82. The molecule has 0 aromatic heterocycles. The molecule has 0 aliphatic heterocycles. The molecule has 1 radical (unpaired) electrons. The highest BCUT2D eigenvalue weighted by Crippen LogP contribution is 2.30. The minimum absolute atomic E-state index is 0.103. The molecule has 0 fully saturated rings. The van der Waals surface area contributed by atoms with E-state index in [9.17, 15) is 4.79 Å². The predicted molar refractivity (Wildman–Crippen MR) is 64.5 cm³/mol. The summed E-state index contributed by atoms with van der Waals surface area (Å²) in [5.41, 5.74) is -0.303. The third kappa shape index (κ3) is 3.08. The van der Waals surface area contributed by atoms with E-state index in [-0.39, 0.29) is 17.0 Å². The summed E-state index contributed by atoms with van der Waals surface area (Å²) in [6.07, 6.45) is 4.32. The van der Waals surface area contributed by atoms with Crippen molar-refractivity contribution in [2.45, 2.75) is 65.5 Å². The molecule has 15 heavy (non-hydrogen) atoms. The van der Waals surface area contributed by atoms with Gasteiger partial charge in [0, 0.05) is 17.2 Å². The Bertz CT molecular complexity index is 225. The first-order valence-corrected chi connectivity index (χ1v) is 5.60. The first-order valence-electron chi connectivity index (χ1n) is 5.60. The molecule has 0 rings (SSSR count). The molecule has 0 N–H and O–H groups in total. The van der Waals surface area contributed by atoms with Gasteiger partial charge < -0.3 is 4.90 Å². The summed E-state index contributed by atoms with van der Waals surface area (Å²) >= 11 is 0. The Morgan fingerprint density at radius 2 is 1.47 bits per heavy atom. The number of hydrogen-bond acceptors (Lipinski definition) is 1. The summed E-state index contributed by atoms with van der Waals surface area (Å²) in [6.45, 7) is 16.0. The van der Waals surface area contributed by atoms with Crippen molar-refractivity contribution >= 4 is 5.91 Å². The van der Waals surface area contributed by atoms with Crippen molar-refractivity contribution in [3.63, 3.8) is 0 Å². The van der Waals surface area contributed by atoms with Crippen LogP contribution in [0.15, 0.2) is 6.58 Å². The van der Waals surface area contributed by atoms with Gasteiger partial charge in [-0.1, -0.05) is 20.4 Å². The van der Waals surface area contributed by atoms with Crippen molar-refractivity contribution in [1.29, 1.82) is 0 Å². The fourth-order valence-corrected chi connectivity index (χ4v) is 1.76. The van der Waals surface area contributed by atoms with Gasteiger partial charge in [-0.05, 0) is 40.5 Å². The van der Waals surface area contributed by atoms with Crippen LogP contribution in [0.25, 0.3) is 0 Å². The summed E-state index contributed by atoms with van der Waals surface area (Å²) in [6, 6.07) is 0. The Labute approximate surface area is 94.4 Å². The van der Waals surface area contributed by atoms with Crippen LogP contribution in [-0.4, -0.2) is 21.9 Å². The third-order valence-corrected chi connectivity index (χ3v) is 3.30. The van der Waals surface area contributed by atoms with E-state index >= 15 is 0 Å². The Balaban J connectivity index is 5.24. The van der Waals surface area contributed by atoms with Crippen LogP contribution >= 0.6 is 0 Å². The Morgan fingerprint density at radius 1 is 1.13 bits per heavy atom. The maximum atomic E-state index is 11.9. The number of hydrogen-bond donors (Lipinski definition) is 0. The predicted octanol–water partition coefficient (Wildman–Crippen LogP) is 3.18. The maximum absolute atomic E-state index is 11.9. The van der Waals surface area contributed by atoms with Gasteiger partial charge >= 0.3 is 0 Å². The summed E-state index contributed by atoms with van der Waals surface area (Å²) in [5, 5.41) is 0. The van der Waals surface area contributed by atoms with Crippen molar-refractivity contribution in [3.8, 4) is 0 Å². The third-order valence-electron chi connectivity index (χ3n) is 3.30. The standard InChI is InChI=1S/C13H24NO/c1-8-11(15)14(12(4,5)9-2)13(6,7)10-3/h1,9-10H2,2-7H3. The van der Waals surface area contributed by atoms with Gasteiger partial charge in [-0.25, -0.2) is 0 Å². The molecule has 1 amide bonds.